The lowest BCUT2D eigenvalue weighted by molar-refractivity contribution is -0.123. The minimum Gasteiger partial charge on any atom is -0.356 e. The van der Waals surface area contributed by atoms with Gasteiger partial charge in [0.05, 0.1) is 5.54 Å². The fraction of sp³-hybridized carbons (Fsp3) is 0.857. The van der Waals surface area contributed by atoms with E-state index in [4.69, 9.17) is 5.73 Å². The lowest BCUT2D eigenvalue weighted by Gasteiger charge is -2.28. The van der Waals surface area contributed by atoms with E-state index in [0.717, 1.165) is 25.7 Å². The van der Waals surface area contributed by atoms with Gasteiger partial charge >= 0.3 is 0 Å². The van der Waals surface area contributed by atoms with Crippen molar-refractivity contribution in [2.24, 2.45) is 11.7 Å². The molecule has 0 aliphatic heterocycles. The van der Waals surface area contributed by atoms with Crippen LogP contribution in [0.5, 0.6) is 0 Å². The number of nitrogens with one attached hydrogen (secondary N) is 2. The number of hydrogen-bond acceptors (Lipinski definition) is 3. The maximum atomic E-state index is 11.8. The van der Waals surface area contributed by atoms with Gasteiger partial charge in [0.2, 0.25) is 11.8 Å². The number of halogens is 1. The van der Waals surface area contributed by atoms with E-state index < -0.39 is 0 Å². The zero-order valence-corrected chi connectivity index (χ0v) is 13.4. The Morgan fingerprint density at radius 3 is 2.30 bits per heavy atom. The molecule has 0 heterocycles. The van der Waals surface area contributed by atoms with Gasteiger partial charge in [-0.3, -0.25) is 9.59 Å². The molecule has 1 aliphatic rings. The average molecular weight is 306 g/mol. The van der Waals surface area contributed by atoms with Gasteiger partial charge in [0.1, 0.15) is 0 Å². The van der Waals surface area contributed by atoms with Crippen molar-refractivity contribution in [3.63, 3.8) is 0 Å². The molecule has 0 saturated heterocycles. The Balaban J connectivity index is 0.00000361. The molecule has 0 aromatic carbocycles. The zero-order chi connectivity index (χ0) is 14.3. The van der Waals surface area contributed by atoms with Crippen LogP contribution in [-0.4, -0.2) is 30.4 Å². The van der Waals surface area contributed by atoms with Crippen LogP contribution in [-0.2, 0) is 9.59 Å². The Kier molecular flexibility index (Phi) is 8.81. The summed E-state index contributed by atoms with van der Waals surface area (Å²) in [5.74, 6) is 0.335. The minimum absolute atomic E-state index is 0. The van der Waals surface area contributed by atoms with Gasteiger partial charge in [0, 0.05) is 25.9 Å². The number of nitrogens with two attached hydrogens (primary N) is 1. The molecule has 118 valence electrons. The van der Waals surface area contributed by atoms with Crippen LogP contribution in [0.25, 0.3) is 0 Å². The highest BCUT2D eigenvalue weighted by Crippen LogP contribution is 2.28. The van der Waals surface area contributed by atoms with Crippen molar-refractivity contribution in [2.45, 2.75) is 57.9 Å². The van der Waals surface area contributed by atoms with Crippen LogP contribution in [0.4, 0.5) is 0 Å². The predicted octanol–water partition coefficient (Wildman–Crippen LogP) is 1.35. The Hall–Kier alpha value is -0.810. The van der Waals surface area contributed by atoms with Crippen molar-refractivity contribution in [2.75, 3.05) is 13.1 Å². The van der Waals surface area contributed by atoms with Gasteiger partial charge in [0.15, 0.2) is 0 Å². The van der Waals surface area contributed by atoms with Crippen LogP contribution in [0.1, 0.15) is 52.4 Å². The van der Waals surface area contributed by atoms with Crippen LogP contribution >= 0.6 is 12.4 Å². The molecule has 20 heavy (non-hydrogen) atoms. The summed E-state index contributed by atoms with van der Waals surface area (Å²) in [6.07, 6.45) is 5.02. The van der Waals surface area contributed by atoms with E-state index >= 15 is 0 Å². The average Bonchev–Trinajstić information content (AvgIpc) is 2.77. The Labute approximate surface area is 127 Å². The number of hydrogen-bond donors (Lipinski definition) is 3. The van der Waals surface area contributed by atoms with Gasteiger partial charge in [0.25, 0.3) is 0 Å². The van der Waals surface area contributed by atoms with E-state index in [0.29, 0.717) is 31.8 Å². The topological polar surface area (TPSA) is 84.2 Å². The predicted molar refractivity (Wildman–Crippen MR) is 82.7 cm³/mol. The summed E-state index contributed by atoms with van der Waals surface area (Å²) in [6.45, 7) is 4.89. The molecular weight excluding hydrogens is 278 g/mol. The second kappa shape index (κ2) is 9.19. The van der Waals surface area contributed by atoms with E-state index in [9.17, 15) is 9.59 Å². The third-order valence-electron chi connectivity index (χ3n) is 3.62. The first-order valence-electron chi connectivity index (χ1n) is 7.25. The minimum atomic E-state index is -0.195. The molecule has 1 fully saturated rings. The number of carbonyl (C=O) groups is 2. The Morgan fingerprint density at radius 2 is 1.80 bits per heavy atom. The molecule has 0 aromatic rings. The summed E-state index contributed by atoms with van der Waals surface area (Å²) in [4.78, 5) is 23.3. The van der Waals surface area contributed by atoms with Crippen molar-refractivity contribution in [1.29, 1.82) is 0 Å². The van der Waals surface area contributed by atoms with E-state index in [2.05, 4.69) is 10.6 Å². The van der Waals surface area contributed by atoms with Crippen molar-refractivity contribution in [3.05, 3.63) is 0 Å². The molecule has 5 nitrogen and oxygen atoms in total. The molecule has 6 heteroatoms. The maximum absolute atomic E-state index is 11.8. The smallest absolute Gasteiger partial charge is 0.222 e. The summed E-state index contributed by atoms with van der Waals surface area (Å²) in [5, 5.41) is 5.81. The number of carbonyl (C=O) groups excluding carboxylic acids is 2. The van der Waals surface area contributed by atoms with Gasteiger partial charge in [-0.05, 0) is 18.8 Å². The lowest BCUT2D eigenvalue weighted by atomic mass is 9.97. The first-order chi connectivity index (χ1) is 8.97. The number of rotatable bonds is 7. The summed E-state index contributed by atoms with van der Waals surface area (Å²) >= 11 is 0. The summed E-state index contributed by atoms with van der Waals surface area (Å²) in [5.41, 5.74) is 5.57. The molecule has 4 N–H and O–H groups in total. The van der Waals surface area contributed by atoms with Crippen molar-refractivity contribution >= 4 is 24.2 Å². The third-order valence-corrected chi connectivity index (χ3v) is 3.62. The van der Waals surface area contributed by atoms with Crippen molar-refractivity contribution in [3.8, 4) is 0 Å². The Morgan fingerprint density at radius 1 is 1.20 bits per heavy atom. The molecule has 0 atom stereocenters. The zero-order valence-electron chi connectivity index (χ0n) is 12.5. The third kappa shape index (κ3) is 6.57. The lowest BCUT2D eigenvalue weighted by Crippen LogP contribution is -2.52. The monoisotopic (exact) mass is 305 g/mol. The van der Waals surface area contributed by atoms with Crippen molar-refractivity contribution < 1.29 is 9.59 Å². The SMILES string of the molecule is CC(C)CC(=O)NCCC(=O)NC1(CN)CCCC1.Cl. The molecule has 0 spiro atoms. The van der Waals surface area contributed by atoms with Crippen LogP contribution < -0.4 is 16.4 Å². The summed E-state index contributed by atoms with van der Waals surface area (Å²) < 4.78 is 0. The molecule has 0 aromatic heterocycles. The van der Waals surface area contributed by atoms with E-state index in [1.807, 2.05) is 13.8 Å². The van der Waals surface area contributed by atoms with Crippen LogP contribution in [0.2, 0.25) is 0 Å². The van der Waals surface area contributed by atoms with Crippen LogP contribution in [0, 0.1) is 5.92 Å². The fourth-order valence-electron chi connectivity index (χ4n) is 2.55. The molecule has 1 rings (SSSR count). The van der Waals surface area contributed by atoms with E-state index in [1.54, 1.807) is 0 Å². The molecule has 0 radical (unpaired) electrons. The summed E-state index contributed by atoms with van der Waals surface area (Å²) in [7, 11) is 0. The highest BCUT2D eigenvalue weighted by molar-refractivity contribution is 5.85. The second-order valence-corrected chi connectivity index (χ2v) is 5.94. The van der Waals surface area contributed by atoms with Gasteiger partial charge in [-0.1, -0.05) is 26.7 Å². The molecular formula is C14H28ClN3O2. The van der Waals surface area contributed by atoms with Gasteiger partial charge < -0.3 is 16.4 Å². The van der Waals surface area contributed by atoms with Gasteiger partial charge in [-0.15, -0.1) is 12.4 Å². The molecule has 2 amide bonds. The van der Waals surface area contributed by atoms with Crippen LogP contribution in [0.3, 0.4) is 0 Å². The second-order valence-electron chi connectivity index (χ2n) is 5.94. The number of amides is 2. The van der Waals surface area contributed by atoms with E-state index in [1.165, 1.54) is 0 Å². The normalized spacial score (nSPS) is 16.6. The largest absolute Gasteiger partial charge is 0.356 e. The standard InChI is InChI=1S/C14H27N3O2.ClH/c1-11(2)9-13(19)16-8-5-12(18)17-14(10-15)6-3-4-7-14;/h11H,3-10,15H2,1-2H3,(H,16,19)(H,17,18);1H. The molecule has 1 saturated carbocycles. The van der Waals surface area contributed by atoms with Gasteiger partial charge in [-0.25, -0.2) is 0 Å². The quantitative estimate of drug-likeness (QED) is 0.664. The van der Waals surface area contributed by atoms with Gasteiger partial charge in [-0.2, -0.15) is 0 Å². The first-order valence-corrected chi connectivity index (χ1v) is 7.25. The van der Waals surface area contributed by atoms with E-state index in [-0.39, 0.29) is 29.8 Å². The highest BCUT2D eigenvalue weighted by Gasteiger charge is 2.33. The first kappa shape index (κ1) is 19.2. The van der Waals surface area contributed by atoms with Crippen molar-refractivity contribution in [1.82, 2.24) is 10.6 Å². The molecule has 1 aliphatic carbocycles. The fourth-order valence-corrected chi connectivity index (χ4v) is 2.55. The maximum Gasteiger partial charge on any atom is 0.222 e. The van der Waals surface area contributed by atoms with Crippen LogP contribution in [0.15, 0.2) is 0 Å². The molecule has 0 unspecified atom stereocenters. The molecule has 0 bridgehead atoms. The Bertz CT molecular complexity index is 316. The summed E-state index contributed by atoms with van der Waals surface area (Å²) in [6, 6.07) is 0. The highest BCUT2D eigenvalue weighted by atomic mass is 35.5.